The van der Waals surface area contributed by atoms with Gasteiger partial charge in [0.25, 0.3) is 0 Å². The quantitative estimate of drug-likeness (QED) is 0.595. The number of guanidine groups is 1. The maximum absolute atomic E-state index is 5.40. The summed E-state index contributed by atoms with van der Waals surface area (Å²) in [4.78, 5) is 7.43. The Bertz CT molecular complexity index is 521. The first-order valence-electron chi connectivity index (χ1n) is 9.44. The van der Waals surface area contributed by atoms with E-state index in [0.717, 1.165) is 43.8 Å². The molecule has 1 aliphatic heterocycles. The van der Waals surface area contributed by atoms with Crippen LogP contribution in [0.25, 0.3) is 0 Å². The average Bonchev–Trinajstić information content (AvgIpc) is 3.12. The van der Waals surface area contributed by atoms with Crippen LogP contribution in [-0.2, 0) is 6.42 Å². The van der Waals surface area contributed by atoms with Gasteiger partial charge in [-0.1, -0.05) is 13.8 Å². The molecule has 2 atom stereocenters. The Hall–Kier alpha value is -1.49. The minimum Gasteiger partial charge on any atom is -0.469 e. The number of hydrogen-bond donors (Lipinski definition) is 2. The fraction of sp³-hybridized carbons (Fsp3) is 0.737. The Labute approximate surface area is 145 Å². The number of furan rings is 1. The molecule has 0 bridgehead atoms. The van der Waals surface area contributed by atoms with Gasteiger partial charge in [-0.2, -0.15) is 0 Å². The van der Waals surface area contributed by atoms with E-state index in [2.05, 4.69) is 36.3 Å². The van der Waals surface area contributed by atoms with E-state index >= 15 is 0 Å². The van der Waals surface area contributed by atoms with Crippen molar-refractivity contribution in [2.24, 2.45) is 10.9 Å². The Kier molecular flexibility index (Phi) is 5.82. The van der Waals surface area contributed by atoms with Gasteiger partial charge in [0.2, 0.25) is 0 Å². The van der Waals surface area contributed by atoms with Gasteiger partial charge in [0, 0.05) is 44.2 Å². The number of hydrogen-bond acceptors (Lipinski definition) is 3. The van der Waals surface area contributed by atoms with Crippen LogP contribution in [0.4, 0.5) is 0 Å². The molecule has 134 valence electrons. The predicted octanol–water partition coefficient (Wildman–Crippen LogP) is 2.64. The zero-order valence-electron chi connectivity index (χ0n) is 15.3. The van der Waals surface area contributed by atoms with E-state index in [9.17, 15) is 0 Å². The monoisotopic (exact) mass is 332 g/mol. The van der Waals surface area contributed by atoms with Crippen molar-refractivity contribution < 1.29 is 4.42 Å². The van der Waals surface area contributed by atoms with E-state index in [1.807, 2.05) is 12.1 Å². The van der Waals surface area contributed by atoms with E-state index in [0.29, 0.717) is 18.0 Å². The molecule has 5 nitrogen and oxygen atoms in total. The first kappa shape index (κ1) is 17.3. The molecule has 3 rings (SSSR count). The zero-order chi connectivity index (χ0) is 16.9. The van der Waals surface area contributed by atoms with E-state index in [1.165, 1.54) is 19.3 Å². The molecule has 5 heteroatoms. The van der Waals surface area contributed by atoms with Crippen molar-refractivity contribution in [1.29, 1.82) is 0 Å². The summed E-state index contributed by atoms with van der Waals surface area (Å²) in [5, 5.41) is 7.14. The molecule has 2 unspecified atom stereocenters. The van der Waals surface area contributed by atoms with Crippen LogP contribution in [0, 0.1) is 5.92 Å². The smallest absolute Gasteiger partial charge is 0.191 e. The summed E-state index contributed by atoms with van der Waals surface area (Å²) in [6.45, 7) is 9.60. The molecule has 1 aromatic heterocycles. The standard InChI is InChI=1S/C19H32N4O/c1-14(2)12-21-19(20-9-8-18-5-4-10-24-18)22-16-11-15(3)23(13-16)17-6-7-17/h4-5,10,14-17H,6-9,11-13H2,1-3H3,(H2,20,21,22). The topological polar surface area (TPSA) is 52.8 Å². The van der Waals surface area contributed by atoms with Crippen LogP contribution in [0.3, 0.4) is 0 Å². The molecule has 1 saturated carbocycles. The lowest BCUT2D eigenvalue weighted by Crippen LogP contribution is -2.45. The third-order valence-electron chi connectivity index (χ3n) is 4.84. The maximum Gasteiger partial charge on any atom is 0.191 e. The van der Waals surface area contributed by atoms with Crippen molar-refractivity contribution in [3.8, 4) is 0 Å². The maximum atomic E-state index is 5.40. The molecular formula is C19H32N4O. The second-order valence-electron chi connectivity index (χ2n) is 7.69. The highest BCUT2D eigenvalue weighted by molar-refractivity contribution is 5.80. The van der Waals surface area contributed by atoms with Gasteiger partial charge in [0.1, 0.15) is 5.76 Å². The summed E-state index contributed by atoms with van der Waals surface area (Å²) in [6, 6.07) is 5.99. The Balaban J connectivity index is 1.50. The average molecular weight is 332 g/mol. The fourth-order valence-electron chi connectivity index (χ4n) is 3.45. The van der Waals surface area contributed by atoms with Crippen molar-refractivity contribution in [3.05, 3.63) is 24.2 Å². The lowest BCUT2D eigenvalue weighted by atomic mass is 10.2. The van der Waals surface area contributed by atoms with Crippen molar-refractivity contribution >= 4 is 5.96 Å². The van der Waals surface area contributed by atoms with Crippen LogP contribution in [-0.4, -0.2) is 48.6 Å². The van der Waals surface area contributed by atoms with Gasteiger partial charge in [0.15, 0.2) is 5.96 Å². The second kappa shape index (κ2) is 8.06. The first-order chi connectivity index (χ1) is 11.6. The normalized spacial score (nSPS) is 25.4. The first-order valence-corrected chi connectivity index (χ1v) is 9.44. The van der Waals surface area contributed by atoms with E-state index in [-0.39, 0.29) is 0 Å². The summed E-state index contributed by atoms with van der Waals surface area (Å²) in [6.07, 6.45) is 6.58. The third kappa shape index (κ3) is 5.00. The zero-order valence-corrected chi connectivity index (χ0v) is 15.3. The van der Waals surface area contributed by atoms with Crippen LogP contribution < -0.4 is 10.6 Å². The molecule has 2 N–H and O–H groups in total. The van der Waals surface area contributed by atoms with Crippen molar-refractivity contribution in [2.75, 3.05) is 19.6 Å². The van der Waals surface area contributed by atoms with Crippen molar-refractivity contribution in [3.63, 3.8) is 0 Å². The van der Waals surface area contributed by atoms with Crippen LogP contribution in [0.2, 0.25) is 0 Å². The molecule has 2 fully saturated rings. The minimum atomic E-state index is 0.502. The van der Waals surface area contributed by atoms with Gasteiger partial charge in [-0.25, -0.2) is 0 Å². The van der Waals surface area contributed by atoms with Crippen LogP contribution in [0.15, 0.2) is 27.8 Å². The highest BCUT2D eigenvalue weighted by atomic mass is 16.3. The second-order valence-corrected chi connectivity index (χ2v) is 7.69. The van der Waals surface area contributed by atoms with Gasteiger partial charge < -0.3 is 15.1 Å². The summed E-state index contributed by atoms with van der Waals surface area (Å²) < 4.78 is 5.40. The minimum absolute atomic E-state index is 0.502. The highest BCUT2D eigenvalue weighted by Gasteiger charge is 2.38. The van der Waals surface area contributed by atoms with Gasteiger partial charge >= 0.3 is 0 Å². The van der Waals surface area contributed by atoms with Gasteiger partial charge in [-0.05, 0) is 44.2 Å². The molecule has 1 saturated heterocycles. The van der Waals surface area contributed by atoms with Gasteiger partial charge in [-0.15, -0.1) is 0 Å². The molecule has 0 aromatic carbocycles. The number of nitrogens with zero attached hydrogens (tertiary/aromatic N) is 2. The molecule has 1 aliphatic carbocycles. The lowest BCUT2D eigenvalue weighted by Gasteiger charge is -2.20. The van der Waals surface area contributed by atoms with E-state index in [4.69, 9.17) is 9.41 Å². The number of rotatable bonds is 7. The van der Waals surface area contributed by atoms with Crippen LogP contribution in [0.1, 0.15) is 45.8 Å². The number of likely N-dealkylation sites (tertiary alicyclic amines) is 1. The molecule has 0 spiro atoms. The summed E-state index contributed by atoms with van der Waals surface area (Å²) in [5.41, 5.74) is 0. The van der Waals surface area contributed by atoms with Gasteiger partial charge in [0.05, 0.1) is 6.26 Å². The molecule has 24 heavy (non-hydrogen) atoms. The molecule has 0 amide bonds. The lowest BCUT2D eigenvalue weighted by molar-refractivity contribution is 0.256. The van der Waals surface area contributed by atoms with E-state index < -0.39 is 0 Å². The van der Waals surface area contributed by atoms with E-state index in [1.54, 1.807) is 6.26 Å². The van der Waals surface area contributed by atoms with Crippen LogP contribution in [0.5, 0.6) is 0 Å². The van der Waals surface area contributed by atoms with Gasteiger partial charge in [-0.3, -0.25) is 9.89 Å². The predicted molar refractivity (Wildman–Crippen MR) is 98.3 cm³/mol. The summed E-state index contributed by atoms with van der Waals surface area (Å²) in [7, 11) is 0. The summed E-state index contributed by atoms with van der Waals surface area (Å²) in [5.74, 6) is 2.53. The molecule has 2 aliphatic rings. The Morgan fingerprint density at radius 1 is 1.42 bits per heavy atom. The molecule has 2 heterocycles. The molecule has 0 radical (unpaired) electrons. The summed E-state index contributed by atoms with van der Waals surface area (Å²) >= 11 is 0. The molecule has 1 aromatic rings. The Morgan fingerprint density at radius 3 is 2.92 bits per heavy atom. The number of aliphatic imine (C=N–C) groups is 1. The van der Waals surface area contributed by atoms with Crippen molar-refractivity contribution in [1.82, 2.24) is 15.5 Å². The largest absolute Gasteiger partial charge is 0.469 e. The number of nitrogens with one attached hydrogen (secondary N) is 2. The van der Waals surface area contributed by atoms with Crippen molar-refractivity contribution in [2.45, 2.75) is 64.6 Å². The highest BCUT2D eigenvalue weighted by Crippen LogP contribution is 2.33. The Morgan fingerprint density at radius 2 is 2.25 bits per heavy atom. The third-order valence-corrected chi connectivity index (χ3v) is 4.84. The van der Waals surface area contributed by atoms with Crippen LogP contribution >= 0.6 is 0 Å². The SMILES string of the molecule is CC(C)CN=C(NCCc1ccco1)NC1CC(C)N(C2CC2)C1. The fourth-order valence-corrected chi connectivity index (χ4v) is 3.45. The molecular weight excluding hydrogens is 300 g/mol.